The van der Waals surface area contributed by atoms with E-state index in [0.717, 1.165) is 5.69 Å². The molecule has 3 aromatic rings. The largest absolute Gasteiger partial charge is 0.493 e. The summed E-state index contributed by atoms with van der Waals surface area (Å²) in [5.74, 6) is 1.57. The van der Waals surface area contributed by atoms with Crippen LogP contribution in [0.2, 0.25) is 0 Å². The number of benzene rings is 2. The van der Waals surface area contributed by atoms with E-state index in [4.69, 9.17) is 4.74 Å². The predicted molar refractivity (Wildman–Crippen MR) is 98.6 cm³/mol. The zero-order chi connectivity index (χ0) is 18.5. The van der Waals surface area contributed by atoms with Gasteiger partial charge in [0.1, 0.15) is 5.75 Å². The summed E-state index contributed by atoms with van der Waals surface area (Å²) in [4.78, 5) is 12.6. The van der Waals surface area contributed by atoms with Crippen molar-refractivity contribution in [2.45, 2.75) is 20.8 Å². The monoisotopic (exact) mass is 351 g/mol. The number of hydrogen-bond acceptors (Lipinski definition) is 5. The Morgan fingerprint density at radius 1 is 1.19 bits per heavy atom. The maximum absolute atomic E-state index is 12.6. The number of ether oxygens (including phenoxy) is 1. The normalized spacial score (nSPS) is 10.8. The van der Waals surface area contributed by atoms with Crippen LogP contribution in [0, 0.1) is 12.8 Å². The molecular formula is C19H21N5O2. The summed E-state index contributed by atoms with van der Waals surface area (Å²) in [6.45, 7) is 6.58. The Morgan fingerprint density at radius 2 is 2.00 bits per heavy atom. The number of hydrogen-bond donors (Lipinski definition) is 1. The summed E-state index contributed by atoms with van der Waals surface area (Å²) in [5.41, 5.74) is 1.98. The average molecular weight is 351 g/mol. The Balaban J connectivity index is 1.74. The second kappa shape index (κ2) is 7.77. The molecular weight excluding hydrogens is 330 g/mol. The lowest BCUT2D eigenvalue weighted by atomic mass is 10.2. The number of aryl methyl sites for hydroxylation is 1. The van der Waals surface area contributed by atoms with E-state index in [1.165, 1.54) is 0 Å². The van der Waals surface area contributed by atoms with Crippen molar-refractivity contribution in [3.8, 4) is 11.4 Å². The molecule has 0 saturated heterocycles. The Labute approximate surface area is 152 Å². The van der Waals surface area contributed by atoms with E-state index in [9.17, 15) is 4.79 Å². The van der Waals surface area contributed by atoms with Crippen molar-refractivity contribution >= 4 is 11.6 Å². The molecule has 0 aliphatic rings. The molecule has 0 aliphatic carbocycles. The SMILES string of the molecule is Cc1nnnn1-c1cccc(NC(=O)c2cccc(OCC(C)C)c2)c1. The maximum atomic E-state index is 12.6. The summed E-state index contributed by atoms with van der Waals surface area (Å²) < 4.78 is 7.29. The number of carbonyl (C=O) groups excluding carboxylic acids is 1. The second-order valence-electron chi connectivity index (χ2n) is 6.38. The number of nitrogens with one attached hydrogen (secondary N) is 1. The van der Waals surface area contributed by atoms with Crippen LogP contribution in [0.15, 0.2) is 48.5 Å². The molecule has 0 bridgehead atoms. The molecule has 2 aromatic carbocycles. The fourth-order valence-electron chi connectivity index (χ4n) is 2.38. The van der Waals surface area contributed by atoms with Crippen molar-refractivity contribution in [2.24, 2.45) is 5.92 Å². The first-order valence-corrected chi connectivity index (χ1v) is 8.42. The van der Waals surface area contributed by atoms with Crippen LogP contribution >= 0.6 is 0 Å². The third-order valence-corrected chi connectivity index (χ3v) is 3.65. The molecule has 0 unspecified atom stereocenters. The number of carbonyl (C=O) groups is 1. The van der Waals surface area contributed by atoms with Crippen molar-refractivity contribution in [3.05, 3.63) is 59.9 Å². The Hall–Kier alpha value is -3.22. The van der Waals surface area contributed by atoms with E-state index < -0.39 is 0 Å². The van der Waals surface area contributed by atoms with Gasteiger partial charge in [-0.3, -0.25) is 4.79 Å². The van der Waals surface area contributed by atoms with Gasteiger partial charge in [-0.05, 0) is 59.7 Å². The van der Waals surface area contributed by atoms with Crippen LogP contribution in [0.4, 0.5) is 5.69 Å². The van der Waals surface area contributed by atoms with Gasteiger partial charge in [0, 0.05) is 11.3 Å². The van der Waals surface area contributed by atoms with E-state index >= 15 is 0 Å². The zero-order valence-corrected chi connectivity index (χ0v) is 15.0. The van der Waals surface area contributed by atoms with Crippen molar-refractivity contribution in [1.82, 2.24) is 20.2 Å². The van der Waals surface area contributed by atoms with Gasteiger partial charge in [0.05, 0.1) is 12.3 Å². The summed E-state index contributed by atoms with van der Waals surface area (Å²) in [6.07, 6.45) is 0. The standard InChI is InChI=1S/C19H21N5O2/c1-13(2)12-26-18-9-4-6-15(10-18)19(25)20-16-7-5-8-17(11-16)24-14(3)21-22-23-24/h4-11,13H,12H2,1-3H3,(H,20,25). The molecule has 1 N–H and O–H groups in total. The molecule has 0 spiro atoms. The minimum atomic E-state index is -0.203. The lowest BCUT2D eigenvalue weighted by molar-refractivity contribution is 0.102. The molecule has 7 nitrogen and oxygen atoms in total. The zero-order valence-electron chi connectivity index (χ0n) is 15.0. The highest BCUT2D eigenvalue weighted by Crippen LogP contribution is 2.18. The second-order valence-corrected chi connectivity index (χ2v) is 6.38. The van der Waals surface area contributed by atoms with Gasteiger partial charge < -0.3 is 10.1 Å². The summed E-state index contributed by atoms with van der Waals surface area (Å²) in [6, 6.07) is 14.5. The highest BCUT2D eigenvalue weighted by atomic mass is 16.5. The van der Waals surface area contributed by atoms with Crippen molar-refractivity contribution < 1.29 is 9.53 Å². The molecule has 1 aromatic heterocycles. The van der Waals surface area contributed by atoms with E-state index in [1.807, 2.05) is 43.3 Å². The van der Waals surface area contributed by atoms with Gasteiger partial charge in [0.25, 0.3) is 5.91 Å². The van der Waals surface area contributed by atoms with E-state index in [-0.39, 0.29) is 5.91 Å². The molecule has 26 heavy (non-hydrogen) atoms. The van der Waals surface area contributed by atoms with Crippen molar-refractivity contribution in [1.29, 1.82) is 0 Å². The highest BCUT2D eigenvalue weighted by molar-refractivity contribution is 6.04. The van der Waals surface area contributed by atoms with E-state index in [2.05, 4.69) is 34.7 Å². The number of aromatic nitrogens is 4. The lowest BCUT2D eigenvalue weighted by Crippen LogP contribution is -2.13. The van der Waals surface area contributed by atoms with Crippen LogP contribution in [0.5, 0.6) is 5.75 Å². The van der Waals surface area contributed by atoms with Gasteiger partial charge >= 0.3 is 0 Å². The van der Waals surface area contributed by atoms with Gasteiger partial charge in [-0.15, -0.1) is 5.10 Å². The average Bonchev–Trinajstić information content (AvgIpc) is 3.06. The van der Waals surface area contributed by atoms with Crippen molar-refractivity contribution in [3.63, 3.8) is 0 Å². The van der Waals surface area contributed by atoms with E-state index in [0.29, 0.717) is 35.3 Å². The molecule has 134 valence electrons. The van der Waals surface area contributed by atoms with Gasteiger partial charge in [0.2, 0.25) is 0 Å². The van der Waals surface area contributed by atoms with Crippen LogP contribution < -0.4 is 10.1 Å². The fraction of sp³-hybridized carbons (Fsp3) is 0.263. The Morgan fingerprint density at radius 3 is 2.73 bits per heavy atom. The molecule has 7 heteroatoms. The number of amides is 1. The quantitative estimate of drug-likeness (QED) is 0.737. The molecule has 0 aliphatic heterocycles. The van der Waals surface area contributed by atoms with Crippen LogP contribution in [-0.2, 0) is 0 Å². The topological polar surface area (TPSA) is 81.9 Å². The third kappa shape index (κ3) is 4.24. The van der Waals surface area contributed by atoms with Crippen LogP contribution in [0.25, 0.3) is 5.69 Å². The molecule has 1 amide bonds. The lowest BCUT2D eigenvalue weighted by Gasteiger charge is -2.11. The van der Waals surface area contributed by atoms with Gasteiger partial charge in [0.15, 0.2) is 5.82 Å². The number of nitrogens with zero attached hydrogens (tertiary/aromatic N) is 4. The van der Waals surface area contributed by atoms with Gasteiger partial charge in [-0.1, -0.05) is 26.0 Å². The molecule has 1 heterocycles. The number of rotatable bonds is 6. The first kappa shape index (κ1) is 17.6. The number of tetrazole rings is 1. The molecule has 0 atom stereocenters. The summed E-state index contributed by atoms with van der Waals surface area (Å²) in [5, 5.41) is 14.3. The van der Waals surface area contributed by atoms with E-state index in [1.54, 1.807) is 16.8 Å². The number of anilines is 1. The van der Waals surface area contributed by atoms with Crippen LogP contribution in [0.1, 0.15) is 30.0 Å². The first-order chi connectivity index (χ1) is 12.5. The highest BCUT2D eigenvalue weighted by Gasteiger charge is 2.10. The maximum Gasteiger partial charge on any atom is 0.255 e. The molecule has 0 radical (unpaired) electrons. The summed E-state index contributed by atoms with van der Waals surface area (Å²) >= 11 is 0. The molecule has 3 rings (SSSR count). The predicted octanol–water partition coefficient (Wildman–Crippen LogP) is 3.26. The third-order valence-electron chi connectivity index (χ3n) is 3.65. The van der Waals surface area contributed by atoms with Crippen LogP contribution in [0.3, 0.4) is 0 Å². The fourth-order valence-corrected chi connectivity index (χ4v) is 2.38. The molecule has 0 fully saturated rings. The summed E-state index contributed by atoms with van der Waals surface area (Å²) in [7, 11) is 0. The first-order valence-electron chi connectivity index (χ1n) is 8.42. The Kier molecular flexibility index (Phi) is 5.26. The smallest absolute Gasteiger partial charge is 0.255 e. The minimum absolute atomic E-state index is 0.203. The van der Waals surface area contributed by atoms with Crippen LogP contribution in [-0.4, -0.2) is 32.7 Å². The van der Waals surface area contributed by atoms with Crippen molar-refractivity contribution in [2.75, 3.05) is 11.9 Å². The van der Waals surface area contributed by atoms with Gasteiger partial charge in [-0.2, -0.15) is 4.68 Å². The molecule has 0 saturated carbocycles. The van der Waals surface area contributed by atoms with Gasteiger partial charge in [-0.25, -0.2) is 0 Å². The minimum Gasteiger partial charge on any atom is -0.493 e. The Bertz CT molecular complexity index is 904.